The number of hydrogen-bond acceptors (Lipinski definition) is 8. The molecule has 0 saturated heterocycles. The normalized spacial score (nSPS) is 19.6. The summed E-state index contributed by atoms with van der Waals surface area (Å²) < 4.78 is 50.3. The van der Waals surface area contributed by atoms with E-state index in [-0.39, 0.29) is 17.7 Å². The number of anilines is 1. The molecule has 0 bridgehead atoms. The Hall–Kier alpha value is -2.97. The molecule has 1 aromatic carbocycles. The lowest BCUT2D eigenvalue weighted by Crippen LogP contribution is -2.35. The van der Waals surface area contributed by atoms with Crippen LogP contribution in [0, 0.1) is 5.41 Å². The van der Waals surface area contributed by atoms with Crippen LogP contribution in [0.3, 0.4) is 0 Å². The molecule has 0 spiro atoms. The number of nitrogens with one attached hydrogen (secondary N) is 3. The molecule has 1 saturated carbocycles. The molecule has 4 rings (SSSR count). The minimum Gasteiger partial charge on any atom is -0.406 e. The minimum absolute atomic E-state index is 0.00588. The third-order valence-electron chi connectivity index (χ3n) is 6.47. The zero-order valence-electron chi connectivity index (χ0n) is 21.2. The van der Waals surface area contributed by atoms with Crippen molar-refractivity contribution in [2.24, 2.45) is 5.41 Å². The van der Waals surface area contributed by atoms with Gasteiger partial charge in [-0.25, -0.2) is 9.67 Å². The molecule has 14 heteroatoms. The first-order valence-corrected chi connectivity index (χ1v) is 12.8. The number of halogens is 4. The van der Waals surface area contributed by atoms with E-state index >= 15 is 0 Å². The molecule has 38 heavy (non-hydrogen) atoms. The van der Waals surface area contributed by atoms with Crippen LogP contribution in [0.5, 0.6) is 5.75 Å². The number of carbonyl (C=O) groups excluding carboxylic acids is 1. The standard InChI is InChI=1S/C24H29BrF3N7O3/c1-23(21(36)29-2)5-4-15(11-23)32-22-31-13-18-19(25)34-35(20(18)33-22)16-8-14(12-30-6-7-37-3)9-17(10-16)38-24(26,27)28/h8-10,13,15,30H,4-7,11-12H2,1-3H3,(H,29,36)(H,31,32,33)/t15-,23-/m1/s1. The molecule has 0 aliphatic heterocycles. The Morgan fingerprint density at radius 3 is 2.82 bits per heavy atom. The molecule has 1 aliphatic carbocycles. The number of aromatic nitrogens is 4. The molecular formula is C24H29BrF3N7O3. The largest absolute Gasteiger partial charge is 0.573 e. The van der Waals surface area contributed by atoms with Gasteiger partial charge in [0, 0.05) is 51.0 Å². The fourth-order valence-corrected chi connectivity index (χ4v) is 5.08. The molecule has 0 unspecified atom stereocenters. The maximum atomic E-state index is 13.1. The van der Waals surface area contributed by atoms with Crippen LogP contribution in [0.1, 0.15) is 31.7 Å². The summed E-state index contributed by atoms with van der Waals surface area (Å²) in [5.74, 6) is -0.0414. The minimum atomic E-state index is -4.85. The lowest BCUT2D eigenvalue weighted by atomic mass is 9.87. The molecule has 2 heterocycles. The van der Waals surface area contributed by atoms with E-state index in [0.29, 0.717) is 59.0 Å². The molecule has 2 aromatic heterocycles. The van der Waals surface area contributed by atoms with Crippen LogP contribution in [0.2, 0.25) is 0 Å². The highest BCUT2D eigenvalue weighted by molar-refractivity contribution is 9.10. The number of methoxy groups -OCH3 is 1. The molecule has 206 valence electrons. The highest BCUT2D eigenvalue weighted by Gasteiger charge is 2.41. The SMILES string of the molecule is CNC(=O)[C@]1(C)CC[C@@H](Nc2ncc3c(Br)nn(-c4cc(CNCCOC)cc(OC(F)(F)F)c4)c3n2)C1. The number of ether oxygens (including phenoxy) is 2. The van der Waals surface area contributed by atoms with E-state index in [9.17, 15) is 18.0 Å². The van der Waals surface area contributed by atoms with E-state index in [2.05, 4.69) is 51.7 Å². The number of carbonyl (C=O) groups is 1. The van der Waals surface area contributed by atoms with Crippen molar-refractivity contribution in [2.75, 3.05) is 32.6 Å². The predicted octanol–water partition coefficient (Wildman–Crippen LogP) is 3.93. The van der Waals surface area contributed by atoms with Crippen molar-refractivity contribution in [3.05, 3.63) is 34.6 Å². The predicted molar refractivity (Wildman–Crippen MR) is 138 cm³/mol. The number of nitrogens with zero attached hydrogens (tertiary/aromatic N) is 4. The van der Waals surface area contributed by atoms with Gasteiger partial charge >= 0.3 is 6.36 Å². The Balaban J connectivity index is 1.65. The first-order chi connectivity index (χ1) is 18.0. The van der Waals surface area contributed by atoms with Gasteiger partial charge in [-0.3, -0.25) is 4.79 Å². The van der Waals surface area contributed by atoms with Gasteiger partial charge in [0.2, 0.25) is 11.9 Å². The van der Waals surface area contributed by atoms with Crippen molar-refractivity contribution >= 4 is 38.8 Å². The number of benzene rings is 1. The zero-order valence-corrected chi connectivity index (χ0v) is 22.7. The van der Waals surface area contributed by atoms with Gasteiger partial charge in [0.15, 0.2) is 5.65 Å². The topological polar surface area (TPSA) is 115 Å². The molecule has 3 aromatic rings. The summed E-state index contributed by atoms with van der Waals surface area (Å²) >= 11 is 3.40. The third-order valence-corrected chi connectivity index (χ3v) is 7.06. The number of alkyl halides is 3. The second kappa shape index (κ2) is 11.4. The zero-order chi connectivity index (χ0) is 27.5. The van der Waals surface area contributed by atoms with Gasteiger partial charge < -0.3 is 25.4 Å². The quantitative estimate of drug-likeness (QED) is 0.300. The highest BCUT2D eigenvalue weighted by atomic mass is 79.9. The number of rotatable bonds is 10. The monoisotopic (exact) mass is 599 g/mol. The Morgan fingerprint density at radius 2 is 2.11 bits per heavy atom. The van der Waals surface area contributed by atoms with E-state index in [1.807, 2.05) is 6.92 Å². The van der Waals surface area contributed by atoms with Crippen molar-refractivity contribution < 1.29 is 27.4 Å². The van der Waals surface area contributed by atoms with Crippen molar-refractivity contribution in [2.45, 2.75) is 45.1 Å². The van der Waals surface area contributed by atoms with Crippen LogP contribution in [0.25, 0.3) is 16.7 Å². The van der Waals surface area contributed by atoms with Crippen LogP contribution in [0.4, 0.5) is 19.1 Å². The fourth-order valence-electron chi connectivity index (χ4n) is 4.64. The van der Waals surface area contributed by atoms with E-state index < -0.39 is 11.8 Å². The maximum Gasteiger partial charge on any atom is 0.573 e. The summed E-state index contributed by atoms with van der Waals surface area (Å²) in [5, 5.41) is 14.2. The number of fused-ring (bicyclic) bond motifs is 1. The lowest BCUT2D eigenvalue weighted by molar-refractivity contribution is -0.274. The first kappa shape index (κ1) is 28.0. The van der Waals surface area contributed by atoms with Gasteiger partial charge in [0.25, 0.3) is 0 Å². The van der Waals surface area contributed by atoms with Crippen LogP contribution >= 0.6 is 15.9 Å². The van der Waals surface area contributed by atoms with E-state index in [0.717, 1.165) is 12.8 Å². The van der Waals surface area contributed by atoms with Crippen molar-refractivity contribution in [1.29, 1.82) is 0 Å². The van der Waals surface area contributed by atoms with Gasteiger partial charge in [-0.1, -0.05) is 6.92 Å². The molecule has 3 N–H and O–H groups in total. The van der Waals surface area contributed by atoms with Crippen molar-refractivity contribution in [3.8, 4) is 11.4 Å². The van der Waals surface area contributed by atoms with Gasteiger partial charge in [-0.2, -0.15) is 10.1 Å². The molecule has 1 amide bonds. The molecule has 10 nitrogen and oxygen atoms in total. The summed E-state index contributed by atoms with van der Waals surface area (Å²) in [6, 6.07) is 4.28. The van der Waals surface area contributed by atoms with Crippen LogP contribution < -0.4 is 20.7 Å². The van der Waals surface area contributed by atoms with Crippen molar-refractivity contribution in [1.82, 2.24) is 30.4 Å². The average Bonchev–Trinajstić information content (AvgIpc) is 3.40. The molecular weight excluding hydrogens is 571 g/mol. The van der Waals surface area contributed by atoms with E-state index in [4.69, 9.17) is 4.74 Å². The maximum absolute atomic E-state index is 13.1. The number of hydrogen-bond donors (Lipinski definition) is 3. The summed E-state index contributed by atoms with van der Waals surface area (Å²) in [5.41, 5.74) is 0.811. The molecule has 0 radical (unpaired) electrons. The summed E-state index contributed by atoms with van der Waals surface area (Å²) in [4.78, 5) is 21.3. The lowest BCUT2D eigenvalue weighted by Gasteiger charge is -2.22. The van der Waals surface area contributed by atoms with Gasteiger partial charge in [-0.15, -0.1) is 13.2 Å². The summed E-state index contributed by atoms with van der Waals surface area (Å²) in [7, 11) is 3.19. The first-order valence-electron chi connectivity index (χ1n) is 12.0. The van der Waals surface area contributed by atoms with Gasteiger partial charge in [-0.05, 0) is 52.9 Å². The van der Waals surface area contributed by atoms with E-state index in [1.54, 1.807) is 26.4 Å². The van der Waals surface area contributed by atoms with Gasteiger partial charge in [0.1, 0.15) is 10.4 Å². The summed E-state index contributed by atoms with van der Waals surface area (Å²) in [6.45, 7) is 3.20. The van der Waals surface area contributed by atoms with Gasteiger partial charge in [0.05, 0.1) is 17.7 Å². The molecule has 2 atom stereocenters. The molecule has 1 fully saturated rings. The Kier molecular flexibility index (Phi) is 8.43. The van der Waals surface area contributed by atoms with Crippen LogP contribution in [-0.2, 0) is 16.1 Å². The number of amides is 1. The third kappa shape index (κ3) is 6.53. The molecule has 1 aliphatic rings. The second-order valence-electron chi connectivity index (χ2n) is 9.41. The summed E-state index contributed by atoms with van der Waals surface area (Å²) in [6.07, 6.45) is -1.15. The van der Waals surface area contributed by atoms with Crippen molar-refractivity contribution in [3.63, 3.8) is 0 Å². The van der Waals surface area contributed by atoms with Crippen LogP contribution in [-0.4, -0.2) is 65.4 Å². The second-order valence-corrected chi connectivity index (χ2v) is 10.2. The van der Waals surface area contributed by atoms with Crippen LogP contribution in [0.15, 0.2) is 29.0 Å². The smallest absolute Gasteiger partial charge is 0.406 e. The van der Waals surface area contributed by atoms with E-state index in [1.165, 1.54) is 16.8 Å². The fraction of sp³-hybridized carbons (Fsp3) is 0.500. The Morgan fingerprint density at radius 1 is 1.32 bits per heavy atom. The average molecular weight is 600 g/mol. The highest BCUT2D eigenvalue weighted by Crippen LogP contribution is 2.39. The Bertz CT molecular complexity index is 1300. The Labute approximate surface area is 225 Å².